The van der Waals surface area contributed by atoms with Gasteiger partial charge in [-0.15, -0.1) is 0 Å². The van der Waals surface area contributed by atoms with Crippen LogP contribution in [0.3, 0.4) is 0 Å². The van der Waals surface area contributed by atoms with Gasteiger partial charge >= 0.3 is 10.2 Å². The molecule has 9 heteroatoms. The Balaban J connectivity index is 1.79. The summed E-state index contributed by atoms with van der Waals surface area (Å²) < 4.78 is 41.9. The van der Waals surface area contributed by atoms with Gasteiger partial charge in [0.1, 0.15) is 18.0 Å². The highest BCUT2D eigenvalue weighted by Gasteiger charge is 2.39. The molecule has 162 valence electrons. The van der Waals surface area contributed by atoms with Crippen molar-refractivity contribution in [1.29, 1.82) is 0 Å². The Morgan fingerprint density at radius 1 is 1.31 bits per heavy atom. The van der Waals surface area contributed by atoms with E-state index in [2.05, 4.69) is 32.6 Å². The van der Waals surface area contributed by atoms with Crippen molar-refractivity contribution in [2.75, 3.05) is 23.9 Å². The summed E-state index contributed by atoms with van der Waals surface area (Å²) >= 11 is 0. The van der Waals surface area contributed by atoms with E-state index >= 15 is 4.39 Å². The van der Waals surface area contributed by atoms with Crippen LogP contribution in [0, 0.1) is 17.2 Å². The van der Waals surface area contributed by atoms with Crippen molar-refractivity contribution in [3.05, 3.63) is 23.0 Å². The second-order valence-corrected chi connectivity index (χ2v) is 11.0. The summed E-state index contributed by atoms with van der Waals surface area (Å²) in [5, 5.41) is 10.3. The fourth-order valence-electron chi connectivity index (χ4n) is 4.32. The molecule has 7 nitrogen and oxygen atoms in total. The van der Waals surface area contributed by atoms with E-state index in [-0.39, 0.29) is 5.41 Å². The van der Waals surface area contributed by atoms with Crippen LogP contribution >= 0.6 is 0 Å². The van der Waals surface area contributed by atoms with Gasteiger partial charge in [-0.2, -0.15) is 8.42 Å². The van der Waals surface area contributed by atoms with Crippen LogP contribution in [0.15, 0.2) is 6.07 Å². The number of phenols is 1. The number of benzene rings is 1. The SMILES string of the molecule is CC(CCN1CCc2cc(O)c(N3CC(=O)NS3(=O)=O)c(F)c2C1)CC(C)(C)C. The molecule has 1 atom stereocenters. The van der Waals surface area contributed by atoms with Gasteiger partial charge in [-0.25, -0.2) is 13.4 Å². The zero-order valence-electron chi connectivity index (χ0n) is 17.5. The molecule has 1 unspecified atom stereocenters. The average molecular weight is 428 g/mol. The Morgan fingerprint density at radius 3 is 2.59 bits per heavy atom. The second-order valence-electron chi connectivity index (χ2n) is 9.42. The van der Waals surface area contributed by atoms with Crippen LogP contribution < -0.4 is 9.03 Å². The van der Waals surface area contributed by atoms with Crippen LogP contribution in [0.1, 0.15) is 51.7 Å². The molecule has 2 heterocycles. The zero-order chi connectivity index (χ0) is 21.6. The number of phenolic OH excluding ortho intramolecular Hbond substituents is 1. The number of nitrogens with one attached hydrogen (secondary N) is 1. The first kappa shape index (κ1) is 21.8. The monoisotopic (exact) mass is 427 g/mol. The molecule has 1 aromatic rings. The van der Waals surface area contributed by atoms with E-state index in [1.807, 2.05) is 4.72 Å². The molecule has 1 fully saturated rings. The van der Waals surface area contributed by atoms with Gasteiger partial charge in [0, 0.05) is 18.7 Å². The molecule has 0 bridgehead atoms. The molecule has 0 aliphatic carbocycles. The van der Waals surface area contributed by atoms with Crippen LogP contribution in [0.4, 0.5) is 10.1 Å². The lowest BCUT2D eigenvalue weighted by Gasteiger charge is -2.32. The maximum Gasteiger partial charge on any atom is 0.326 e. The topological polar surface area (TPSA) is 89.9 Å². The molecule has 0 saturated carbocycles. The molecule has 2 aliphatic heterocycles. The molecule has 2 N–H and O–H groups in total. The highest BCUT2D eigenvalue weighted by atomic mass is 32.2. The molecule has 1 aromatic carbocycles. The quantitative estimate of drug-likeness (QED) is 0.754. The van der Waals surface area contributed by atoms with Crippen molar-refractivity contribution < 1.29 is 22.7 Å². The first-order chi connectivity index (χ1) is 13.4. The molecule has 0 radical (unpaired) electrons. The molecule has 1 saturated heterocycles. The van der Waals surface area contributed by atoms with Crippen molar-refractivity contribution in [3.8, 4) is 5.75 Å². The molecule has 29 heavy (non-hydrogen) atoms. The van der Waals surface area contributed by atoms with E-state index in [0.29, 0.717) is 34.3 Å². The summed E-state index contributed by atoms with van der Waals surface area (Å²) in [7, 11) is -4.19. The van der Waals surface area contributed by atoms with Crippen molar-refractivity contribution >= 4 is 21.8 Å². The average Bonchev–Trinajstić information content (AvgIpc) is 2.84. The van der Waals surface area contributed by atoms with E-state index in [1.165, 1.54) is 6.07 Å². The number of hydrogen-bond donors (Lipinski definition) is 2. The third-order valence-electron chi connectivity index (χ3n) is 5.46. The standard InChI is InChI=1S/C20H30FN3O4S/c1-13(10-20(2,3)4)5-7-23-8-6-14-9-16(25)19(18(21)15(14)11-23)24-12-17(26)22-29(24,27)28/h9,13,25H,5-8,10-12H2,1-4H3,(H,22,26). The molecule has 0 spiro atoms. The van der Waals surface area contributed by atoms with Crippen LogP contribution in [0.25, 0.3) is 0 Å². The number of halogens is 1. The second kappa shape index (κ2) is 7.75. The Bertz CT molecular complexity index is 911. The fourth-order valence-corrected chi connectivity index (χ4v) is 5.48. The van der Waals surface area contributed by atoms with Gasteiger partial charge in [0.05, 0.1) is 0 Å². The number of rotatable bonds is 5. The Labute approximate surface area is 172 Å². The smallest absolute Gasteiger partial charge is 0.326 e. The summed E-state index contributed by atoms with van der Waals surface area (Å²) in [5.74, 6) is -1.44. The number of nitrogens with zero attached hydrogens (tertiary/aromatic N) is 2. The van der Waals surface area contributed by atoms with Gasteiger partial charge in [0.15, 0.2) is 5.82 Å². The summed E-state index contributed by atoms with van der Waals surface area (Å²) in [6.07, 6.45) is 2.69. The first-order valence-electron chi connectivity index (χ1n) is 9.96. The molecule has 2 aliphatic rings. The lowest BCUT2D eigenvalue weighted by molar-refractivity contribution is -0.117. The van der Waals surface area contributed by atoms with Gasteiger partial charge in [-0.1, -0.05) is 27.7 Å². The van der Waals surface area contributed by atoms with Gasteiger partial charge in [0.25, 0.3) is 5.91 Å². The fraction of sp³-hybridized carbons (Fsp3) is 0.650. The number of aromatic hydroxyl groups is 1. The number of carbonyl (C=O) groups is 1. The molecular formula is C20H30FN3O4S. The van der Waals surface area contributed by atoms with Crippen molar-refractivity contribution in [3.63, 3.8) is 0 Å². The number of carbonyl (C=O) groups excluding carboxylic acids is 1. The van der Waals surface area contributed by atoms with Crippen LogP contribution in [0.5, 0.6) is 5.75 Å². The summed E-state index contributed by atoms with van der Waals surface area (Å²) in [6, 6.07) is 1.42. The third kappa shape index (κ3) is 4.83. The summed E-state index contributed by atoms with van der Waals surface area (Å²) in [4.78, 5) is 13.7. The Morgan fingerprint density at radius 2 is 2.00 bits per heavy atom. The maximum absolute atomic E-state index is 15.3. The van der Waals surface area contributed by atoms with Crippen molar-refractivity contribution in [1.82, 2.24) is 9.62 Å². The predicted molar refractivity (Wildman–Crippen MR) is 109 cm³/mol. The Kier molecular flexibility index (Phi) is 5.84. The van der Waals surface area contributed by atoms with E-state index in [0.717, 1.165) is 25.9 Å². The van der Waals surface area contributed by atoms with Crippen LogP contribution in [-0.2, 0) is 28.0 Å². The highest BCUT2D eigenvalue weighted by molar-refractivity contribution is 7.92. The van der Waals surface area contributed by atoms with Gasteiger partial charge in [-0.05, 0) is 48.8 Å². The van der Waals surface area contributed by atoms with E-state index in [1.54, 1.807) is 0 Å². The molecular weight excluding hydrogens is 397 g/mol. The normalized spacial score (nSPS) is 20.4. The minimum Gasteiger partial charge on any atom is -0.506 e. The first-order valence-corrected chi connectivity index (χ1v) is 11.4. The Hall–Kier alpha value is -1.87. The minimum atomic E-state index is -4.19. The highest BCUT2D eigenvalue weighted by Crippen LogP contribution is 2.39. The minimum absolute atomic E-state index is 0.263. The number of fused-ring (bicyclic) bond motifs is 1. The number of amides is 1. The maximum atomic E-state index is 15.3. The van der Waals surface area contributed by atoms with Crippen LogP contribution in [0.2, 0.25) is 0 Å². The molecule has 1 amide bonds. The third-order valence-corrected chi connectivity index (χ3v) is 6.84. The van der Waals surface area contributed by atoms with E-state index in [9.17, 15) is 18.3 Å². The number of hydrogen-bond acceptors (Lipinski definition) is 5. The lowest BCUT2D eigenvalue weighted by Crippen LogP contribution is -2.34. The van der Waals surface area contributed by atoms with Crippen LogP contribution in [-0.4, -0.2) is 44.0 Å². The van der Waals surface area contributed by atoms with Crippen molar-refractivity contribution in [2.45, 2.75) is 53.5 Å². The predicted octanol–water partition coefficient (Wildman–Crippen LogP) is 2.53. The lowest BCUT2D eigenvalue weighted by atomic mass is 9.84. The largest absolute Gasteiger partial charge is 0.506 e. The summed E-state index contributed by atoms with van der Waals surface area (Å²) in [5.41, 5.74) is 0.879. The molecule has 0 aromatic heterocycles. The van der Waals surface area contributed by atoms with Gasteiger partial charge in [0.2, 0.25) is 0 Å². The number of anilines is 1. The van der Waals surface area contributed by atoms with E-state index < -0.39 is 39.9 Å². The van der Waals surface area contributed by atoms with Crippen molar-refractivity contribution in [2.24, 2.45) is 11.3 Å². The zero-order valence-corrected chi connectivity index (χ0v) is 18.3. The summed E-state index contributed by atoms with van der Waals surface area (Å²) in [6.45, 7) is 10.3. The molecule has 3 rings (SSSR count). The van der Waals surface area contributed by atoms with Gasteiger partial charge < -0.3 is 5.11 Å². The van der Waals surface area contributed by atoms with Gasteiger partial charge in [-0.3, -0.25) is 9.69 Å². The van der Waals surface area contributed by atoms with E-state index in [4.69, 9.17) is 0 Å².